The molecule has 0 aliphatic carbocycles. The second-order valence-electron chi connectivity index (χ2n) is 1.99. The topological polar surface area (TPSA) is 56.0 Å². The average Bonchev–Trinajstić information content (AvgIpc) is 2.43. The minimum absolute atomic E-state index is 0.559. The molecule has 2 heterocycles. The summed E-state index contributed by atoms with van der Waals surface area (Å²) in [6.45, 7) is 0. The van der Waals surface area contributed by atoms with Crippen LogP contribution in [0.5, 0.6) is 0 Å². The van der Waals surface area contributed by atoms with Gasteiger partial charge in [0.05, 0.1) is 9.58 Å². The van der Waals surface area contributed by atoms with E-state index in [4.69, 9.17) is 5.73 Å². The number of nitrogens with zero attached hydrogens (tertiary/aromatic N) is 1. The molecule has 11 heavy (non-hydrogen) atoms. The number of hydrogen-bond acceptors (Lipinski definition) is 5. The highest BCUT2D eigenvalue weighted by atomic mass is 32.1. The second kappa shape index (κ2) is 2.28. The van der Waals surface area contributed by atoms with Crippen molar-refractivity contribution in [2.45, 2.75) is 0 Å². The molecule has 56 valence electrons. The minimum Gasteiger partial charge on any atom is -0.375 e. The summed E-state index contributed by atoms with van der Waals surface area (Å²) in [6.07, 6.45) is 0.829. The van der Waals surface area contributed by atoms with E-state index in [0.29, 0.717) is 10.0 Å². The number of nitrogens with two attached hydrogens (primary N) is 1. The van der Waals surface area contributed by atoms with Gasteiger partial charge in [-0.25, -0.2) is 4.98 Å². The van der Waals surface area contributed by atoms with Gasteiger partial charge in [-0.15, -0.1) is 11.3 Å². The number of anilines is 1. The summed E-state index contributed by atoms with van der Waals surface area (Å²) < 4.78 is 0.995. The van der Waals surface area contributed by atoms with E-state index >= 15 is 0 Å². The first-order valence-electron chi connectivity index (χ1n) is 2.90. The third-order valence-corrected chi connectivity index (χ3v) is 3.16. The summed E-state index contributed by atoms with van der Waals surface area (Å²) in [7, 11) is 0. The molecule has 0 aliphatic heterocycles. The maximum atomic E-state index is 10.3. The van der Waals surface area contributed by atoms with Crippen LogP contribution in [-0.4, -0.2) is 11.3 Å². The molecule has 5 heteroatoms. The summed E-state index contributed by atoms with van der Waals surface area (Å²) in [5.74, 6) is 0. The average molecular weight is 184 g/mol. The molecule has 2 rings (SSSR count). The quantitative estimate of drug-likeness (QED) is 0.687. The van der Waals surface area contributed by atoms with Crippen molar-refractivity contribution in [1.82, 2.24) is 4.98 Å². The highest BCUT2D eigenvalue weighted by Gasteiger charge is 2.04. The number of fused-ring (bicyclic) bond motifs is 1. The Labute approximate surface area is 70.5 Å². The number of thiazole rings is 1. The van der Waals surface area contributed by atoms with Crippen LogP contribution < -0.4 is 5.73 Å². The number of hydrogen-bond donors (Lipinski definition) is 1. The lowest BCUT2D eigenvalue weighted by Crippen LogP contribution is -1.78. The summed E-state index contributed by atoms with van der Waals surface area (Å²) in [5.41, 5.74) is 5.45. The van der Waals surface area contributed by atoms with Crippen molar-refractivity contribution in [2.24, 2.45) is 0 Å². The first-order chi connectivity index (χ1) is 5.29. The van der Waals surface area contributed by atoms with Gasteiger partial charge in [-0.05, 0) is 6.07 Å². The first kappa shape index (κ1) is 6.75. The van der Waals surface area contributed by atoms with E-state index in [1.165, 1.54) is 22.7 Å². The van der Waals surface area contributed by atoms with E-state index in [-0.39, 0.29) is 0 Å². The molecule has 0 aromatic carbocycles. The fourth-order valence-electron chi connectivity index (χ4n) is 0.827. The molecule has 0 saturated heterocycles. The van der Waals surface area contributed by atoms with Crippen LogP contribution in [0.3, 0.4) is 0 Å². The van der Waals surface area contributed by atoms with Gasteiger partial charge in [-0.1, -0.05) is 11.3 Å². The lowest BCUT2D eigenvalue weighted by molar-refractivity contribution is 0.112. The van der Waals surface area contributed by atoms with Crippen molar-refractivity contribution in [3.8, 4) is 0 Å². The molecule has 0 unspecified atom stereocenters. The predicted molar refractivity (Wildman–Crippen MR) is 47.3 cm³/mol. The van der Waals surface area contributed by atoms with E-state index in [9.17, 15) is 4.79 Å². The molecule has 0 spiro atoms. The van der Waals surface area contributed by atoms with Crippen LogP contribution in [0.2, 0.25) is 0 Å². The Morgan fingerprint density at radius 1 is 1.55 bits per heavy atom. The van der Waals surface area contributed by atoms with Crippen molar-refractivity contribution in [2.75, 3.05) is 5.73 Å². The molecule has 3 nitrogen and oxygen atoms in total. The van der Waals surface area contributed by atoms with Crippen molar-refractivity contribution in [1.29, 1.82) is 0 Å². The number of nitrogen functional groups attached to an aromatic ring is 1. The van der Waals surface area contributed by atoms with Crippen molar-refractivity contribution < 1.29 is 4.79 Å². The normalized spacial score (nSPS) is 10.5. The van der Waals surface area contributed by atoms with E-state index in [2.05, 4.69) is 4.98 Å². The van der Waals surface area contributed by atoms with Crippen LogP contribution >= 0.6 is 22.7 Å². The maximum Gasteiger partial charge on any atom is 0.181 e. The van der Waals surface area contributed by atoms with Gasteiger partial charge in [0.1, 0.15) is 4.83 Å². The lowest BCUT2D eigenvalue weighted by atomic mass is 10.5. The highest BCUT2D eigenvalue weighted by molar-refractivity contribution is 7.29. The molecule has 0 saturated carbocycles. The molecule has 0 bridgehead atoms. The minimum atomic E-state index is 0.559. The second-order valence-corrected chi connectivity index (χ2v) is 4.11. The summed E-state index contributed by atoms with van der Waals surface area (Å²) in [5, 5.41) is 0.559. The number of aromatic nitrogens is 1. The zero-order valence-electron chi connectivity index (χ0n) is 5.40. The number of carbonyl (C=O) groups excluding carboxylic acids is 1. The predicted octanol–water partition coefficient (Wildman–Crippen LogP) is 1.75. The first-order valence-corrected chi connectivity index (χ1v) is 4.54. The Kier molecular flexibility index (Phi) is 1.40. The van der Waals surface area contributed by atoms with Crippen LogP contribution in [0, 0.1) is 0 Å². The number of thiophene rings is 1. The van der Waals surface area contributed by atoms with E-state index in [0.717, 1.165) is 15.8 Å². The highest BCUT2D eigenvalue weighted by Crippen LogP contribution is 2.30. The van der Waals surface area contributed by atoms with Gasteiger partial charge in [-0.3, -0.25) is 4.79 Å². The Balaban J connectivity index is 2.72. The Bertz CT molecular complexity index is 372. The van der Waals surface area contributed by atoms with Crippen molar-refractivity contribution >= 4 is 43.6 Å². The smallest absolute Gasteiger partial charge is 0.181 e. The molecule has 0 fully saturated rings. The largest absolute Gasteiger partial charge is 0.375 e. The van der Waals surface area contributed by atoms with Gasteiger partial charge >= 0.3 is 0 Å². The van der Waals surface area contributed by atoms with Crippen LogP contribution in [0.15, 0.2) is 6.07 Å². The molecule has 2 aromatic rings. The number of rotatable bonds is 1. The standard InChI is InChI=1S/C6H4N2OS2/c7-6-8-5-4(11-6)1-3(2-9)10-5/h1-2H,(H2,7,8). The Hall–Kier alpha value is -0.940. The van der Waals surface area contributed by atoms with Crippen LogP contribution in [0.4, 0.5) is 5.13 Å². The van der Waals surface area contributed by atoms with Crippen LogP contribution in [-0.2, 0) is 0 Å². The molecule has 2 aromatic heterocycles. The molecule has 0 radical (unpaired) electrons. The third kappa shape index (κ3) is 1.02. The molecular formula is C6H4N2OS2. The summed E-state index contributed by atoms with van der Waals surface area (Å²) in [6, 6.07) is 1.81. The van der Waals surface area contributed by atoms with Gasteiger partial charge in [-0.2, -0.15) is 0 Å². The summed E-state index contributed by atoms with van der Waals surface area (Å²) in [4.78, 5) is 15.9. The summed E-state index contributed by atoms with van der Waals surface area (Å²) >= 11 is 2.78. The fraction of sp³-hybridized carbons (Fsp3) is 0. The van der Waals surface area contributed by atoms with E-state index < -0.39 is 0 Å². The van der Waals surface area contributed by atoms with E-state index in [1.807, 2.05) is 0 Å². The molecular weight excluding hydrogens is 180 g/mol. The van der Waals surface area contributed by atoms with Crippen molar-refractivity contribution in [3.05, 3.63) is 10.9 Å². The SMILES string of the molecule is Nc1nc2sc(C=O)cc2s1. The Morgan fingerprint density at radius 2 is 2.36 bits per heavy atom. The van der Waals surface area contributed by atoms with Crippen molar-refractivity contribution in [3.63, 3.8) is 0 Å². The monoisotopic (exact) mass is 184 g/mol. The van der Waals surface area contributed by atoms with Crippen LogP contribution in [0.25, 0.3) is 9.53 Å². The van der Waals surface area contributed by atoms with Gasteiger partial charge < -0.3 is 5.73 Å². The maximum absolute atomic E-state index is 10.3. The molecule has 0 aliphatic rings. The van der Waals surface area contributed by atoms with E-state index in [1.54, 1.807) is 6.07 Å². The van der Waals surface area contributed by atoms with Gasteiger partial charge in [0.25, 0.3) is 0 Å². The molecule has 0 amide bonds. The molecule has 2 N–H and O–H groups in total. The van der Waals surface area contributed by atoms with Gasteiger partial charge in [0, 0.05) is 0 Å². The van der Waals surface area contributed by atoms with Gasteiger partial charge in [0.15, 0.2) is 11.4 Å². The zero-order chi connectivity index (χ0) is 7.84. The zero-order valence-corrected chi connectivity index (χ0v) is 7.04. The third-order valence-electron chi connectivity index (χ3n) is 1.24. The molecule has 0 atom stereocenters. The number of aldehydes is 1. The fourth-order valence-corrected chi connectivity index (χ4v) is 2.64. The van der Waals surface area contributed by atoms with Gasteiger partial charge in [0.2, 0.25) is 0 Å². The van der Waals surface area contributed by atoms with Crippen LogP contribution in [0.1, 0.15) is 9.67 Å². The Morgan fingerprint density at radius 3 is 3.00 bits per heavy atom. The lowest BCUT2D eigenvalue weighted by Gasteiger charge is -1.74. The number of carbonyl (C=O) groups is 1.